The van der Waals surface area contributed by atoms with Crippen LogP contribution in [0.25, 0.3) is 0 Å². The van der Waals surface area contributed by atoms with E-state index in [1.807, 2.05) is 48.7 Å². The van der Waals surface area contributed by atoms with Crippen molar-refractivity contribution >= 4 is 5.69 Å². The van der Waals surface area contributed by atoms with Crippen LogP contribution in [-0.2, 0) is 0 Å². The van der Waals surface area contributed by atoms with Crippen LogP contribution in [0.15, 0.2) is 61.4 Å². The quantitative estimate of drug-likeness (QED) is 0.813. The van der Waals surface area contributed by atoms with Crippen molar-refractivity contribution in [2.75, 3.05) is 12.4 Å². The topological polar surface area (TPSA) is 34.1 Å². The Hall–Kier alpha value is -2.29. The molecule has 1 aromatic heterocycles. The lowest BCUT2D eigenvalue weighted by atomic mass is 10.1. The largest absolute Gasteiger partial charge is 0.497 e. The minimum atomic E-state index is 0.0482. The zero-order chi connectivity index (χ0) is 12.8. The predicted molar refractivity (Wildman–Crippen MR) is 73.8 cm³/mol. The standard InChI is InChI=1S/C15H16N2O/c1-3-15(12-5-4-10-16-11-12)17-13-6-8-14(18-2)9-7-13/h3-11,15,17H,1H2,2H3/t15-/m1/s1. The van der Waals surface area contributed by atoms with Gasteiger partial charge in [0.25, 0.3) is 0 Å². The summed E-state index contributed by atoms with van der Waals surface area (Å²) in [5.41, 5.74) is 2.10. The summed E-state index contributed by atoms with van der Waals surface area (Å²) in [4.78, 5) is 4.11. The van der Waals surface area contributed by atoms with Gasteiger partial charge in [-0.15, -0.1) is 6.58 Å². The number of hydrogen-bond donors (Lipinski definition) is 1. The van der Waals surface area contributed by atoms with Gasteiger partial charge in [0.1, 0.15) is 5.75 Å². The van der Waals surface area contributed by atoms with E-state index < -0.39 is 0 Å². The van der Waals surface area contributed by atoms with E-state index in [2.05, 4.69) is 16.9 Å². The molecule has 0 aliphatic heterocycles. The Morgan fingerprint density at radius 2 is 2.06 bits per heavy atom. The third-order valence-corrected chi connectivity index (χ3v) is 2.69. The minimum Gasteiger partial charge on any atom is -0.497 e. The summed E-state index contributed by atoms with van der Waals surface area (Å²) in [7, 11) is 1.66. The zero-order valence-corrected chi connectivity index (χ0v) is 10.3. The highest BCUT2D eigenvalue weighted by Gasteiger charge is 2.06. The van der Waals surface area contributed by atoms with Crippen molar-refractivity contribution in [3.63, 3.8) is 0 Å². The number of anilines is 1. The Morgan fingerprint density at radius 3 is 2.61 bits per heavy atom. The van der Waals surface area contributed by atoms with Crippen molar-refractivity contribution in [1.82, 2.24) is 4.98 Å². The maximum Gasteiger partial charge on any atom is 0.119 e. The third kappa shape index (κ3) is 2.88. The number of hydrogen-bond acceptors (Lipinski definition) is 3. The molecule has 1 aromatic carbocycles. The van der Waals surface area contributed by atoms with Gasteiger partial charge in [0.05, 0.1) is 13.2 Å². The first-order valence-electron chi connectivity index (χ1n) is 5.76. The summed E-state index contributed by atoms with van der Waals surface area (Å²) in [6.07, 6.45) is 5.46. The number of pyridine rings is 1. The maximum absolute atomic E-state index is 5.13. The normalized spacial score (nSPS) is 11.6. The Labute approximate surface area is 107 Å². The molecule has 0 saturated carbocycles. The lowest BCUT2D eigenvalue weighted by Gasteiger charge is -2.16. The highest BCUT2D eigenvalue weighted by atomic mass is 16.5. The van der Waals surface area contributed by atoms with Crippen LogP contribution in [0.5, 0.6) is 5.75 Å². The van der Waals surface area contributed by atoms with Crippen molar-refractivity contribution in [3.05, 3.63) is 67.0 Å². The first-order chi connectivity index (χ1) is 8.83. The van der Waals surface area contributed by atoms with E-state index in [1.165, 1.54) is 0 Å². The van der Waals surface area contributed by atoms with Gasteiger partial charge in [0, 0.05) is 18.1 Å². The fourth-order valence-corrected chi connectivity index (χ4v) is 1.71. The van der Waals surface area contributed by atoms with Crippen molar-refractivity contribution < 1.29 is 4.74 Å². The van der Waals surface area contributed by atoms with Gasteiger partial charge in [-0.05, 0) is 35.9 Å². The molecule has 1 atom stereocenters. The molecule has 0 unspecified atom stereocenters. The van der Waals surface area contributed by atoms with Crippen molar-refractivity contribution in [2.24, 2.45) is 0 Å². The number of aromatic nitrogens is 1. The summed E-state index contributed by atoms with van der Waals surface area (Å²) in [5, 5.41) is 3.38. The molecule has 2 rings (SSSR count). The molecule has 2 aromatic rings. The second kappa shape index (κ2) is 5.87. The first kappa shape index (κ1) is 12.2. The zero-order valence-electron chi connectivity index (χ0n) is 10.3. The number of rotatable bonds is 5. The van der Waals surface area contributed by atoms with E-state index >= 15 is 0 Å². The van der Waals surface area contributed by atoms with Crippen LogP contribution in [0.4, 0.5) is 5.69 Å². The van der Waals surface area contributed by atoms with Crippen LogP contribution in [-0.4, -0.2) is 12.1 Å². The molecule has 1 N–H and O–H groups in total. The maximum atomic E-state index is 5.13. The van der Waals surface area contributed by atoms with Crippen LogP contribution < -0.4 is 10.1 Å². The highest BCUT2D eigenvalue weighted by Crippen LogP contribution is 2.21. The number of benzene rings is 1. The van der Waals surface area contributed by atoms with Gasteiger partial charge in [0.2, 0.25) is 0 Å². The van der Waals surface area contributed by atoms with E-state index in [0.29, 0.717) is 0 Å². The second-order valence-corrected chi connectivity index (χ2v) is 3.87. The molecule has 0 spiro atoms. The van der Waals surface area contributed by atoms with Crippen LogP contribution in [0.2, 0.25) is 0 Å². The van der Waals surface area contributed by atoms with E-state index in [1.54, 1.807) is 13.3 Å². The molecule has 3 nitrogen and oxygen atoms in total. The minimum absolute atomic E-state index is 0.0482. The van der Waals surface area contributed by atoms with Gasteiger partial charge < -0.3 is 10.1 Å². The van der Waals surface area contributed by atoms with Crippen LogP contribution in [0.1, 0.15) is 11.6 Å². The molecule has 92 valence electrons. The lowest BCUT2D eigenvalue weighted by molar-refractivity contribution is 0.415. The molecular weight excluding hydrogens is 224 g/mol. The number of methoxy groups -OCH3 is 1. The summed E-state index contributed by atoms with van der Waals surface area (Å²) in [6, 6.07) is 11.8. The van der Waals surface area contributed by atoms with Crippen LogP contribution in [0, 0.1) is 0 Å². The Morgan fingerprint density at radius 1 is 1.28 bits per heavy atom. The Bertz CT molecular complexity index is 494. The van der Waals surface area contributed by atoms with Gasteiger partial charge >= 0.3 is 0 Å². The average molecular weight is 240 g/mol. The lowest BCUT2D eigenvalue weighted by Crippen LogP contribution is -2.07. The fourth-order valence-electron chi connectivity index (χ4n) is 1.71. The van der Waals surface area contributed by atoms with E-state index in [0.717, 1.165) is 17.0 Å². The van der Waals surface area contributed by atoms with Gasteiger partial charge in [0.15, 0.2) is 0 Å². The van der Waals surface area contributed by atoms with Crippen LogP contribution >= 0.6 is 0 Å². The smallest absolute Gasteiger partial charge is 0.119 e. The van der Waals surface area contributed by atoms with Gasteiger partial charge in [-0.25, -0.2) is 0 Å². The molecule has 1 heterocycles. The summed E-state index contributed by atoms with van der Waals surface area (Å²) < 4.78 is 5.13. The number of nitrogens with zero attached hydrogens (tertiary/aromatic N) is 1. The first-order valence-corrected chi connectivity index (χ1v) is 5.76. The number of ether oxygens (including phenoxy) is 1. The van der Waals surface area contributed by atoms with Crippen molar-refractivity contribution in [2.45, 2.75) is 6.04 Å². The Balaban J connectivity index is 2.13. The molecule has 0 amide bonds. The van der Waals surface area contributed by atoms with E-state index in [-0.39, 0.29) is 6.04 Å². The second-order valence-electron chi connectivity index (χ2n) is 3.87. The molecular formula is C15H16N2O. The van der Waals surface area contributed by atoms with Gasteiger partial charge in [-0.3, -0.25) is 4.98 Å². The third-order valence-electron chi connectivity index (χ3n) is 2.69. The Kier molecular flexibility index (Phi) is 3.97. The van der Waals surface area contributed by atoms with Gasteiger partial charge in [-0.2, -0.15) is 0 Å². The molecule has 0 fully saturated rings. The average Bonchev–Trinajstić information content (AvgIpc) is 2.46. The molecule has 0 aliphatic rings. The van der Waals surface area contributed by atoms with Crippen molar-refractivity contribution in [3.8, 4) is 5.75 Å². The monoisotopic (exact) mass is 240 g/mol. The molecule has 0 radical (unpaired) electrons. The summed E-state index contributed by atoms with van der Waals surface area (Å²) in [6.45, 7) is 3.85. The van der Waals surface area contributed by atoms with Crippen molar-refractivity contribution in [1.29, 1.82) is 0 Å². The molecule has 18 heavy (non-hydrogen) atoms. The molecule has 0 saturated heterocycles. The van der Waals surface area contributed by atoms with Gasteiger partial charge in [-0.1, -0.05) is 12.1 Å². The predicted octanol–water partition coefficient (Wildman–Crippen LogP) is 3.43. The number of nitrogens with one attached hydrogen (secondary N) is 1. The van der Waals surface area contributed by atoms with E-state index in [9.17, 15) is 0 Å². The molecule has 0 bridgehead atoms. The van der Waals surface area contributed by atoms with E-state index in [4.69, 9.17) is 4.74 Å². The summed E-state index contributed by atoms with van der Waals surface area (Å²) >= 11 is 0. The SMILES string of the molecule is C=C[C@@H](Nc1ccc(OC)cc1)c1cccnc1. The molecule has 0 aliphatic carbocycles. The van der Waals surface area contributed by atoms with Crippen LogP contribution in [0.3, 0.4) is 0 Å². The summed E-state index contributed by atoms with van der Waals surface area (Å²) in [5.74, 6) is 0.845. The molecule has 3 heteroatoms. The highest BCUT2D eigenvalue weighted by molar-refractivity contribution is 5.49. The fraction of sp³-hybridized carbons (Fsp3) is 0.133.